The summed E-state index contributed by atoms with van der Waals surface area (Å²) in [5, 5.41) is 3.20. The lowest BCUT2D eigenvalue weighted by Gasteiger charge is -2.19. The molecular formula is C18H30Cl2N4O3. The third-order valence-corrected chi connectivity index (χ3v) is 4.99. The zero-order valence-corrected chi connectivity index (χ0v) is 17.5. The molecule has 2 heterocycles. The van der Waals surface area contributed by atoms with Gasteiger partial charge in [0.2, 0.25) is 5.91 Å². The van der Waals surface area contributed by atoms with Crippen LogP contribution in [0.25, 0.3) is 0 Å². The zero-order chi connectivity index (χ0) is 17.8. The number of amides is 1. The number of aromatic amines is 1. The Morgan fingerprint density at radius 3 is 2.74 bits per heavy atom. The number of halogens is 2. The number of carbonyl (C=O) groups is 1. The van der Waals surface area contributed by atoms with Crippen molar-refractivity contribution in [2.24, 2.45) is 11.8 Å². The first-order valence-electron chi connectivity index (χ1n) is 9.21. The smallest absolute Gasteiger partial charge is 0.251 e. The summed E-state index contributed by atoms with van der Waals surface area (Å²) in [6.45, 7) is 7.26. The Morgan fingerprint density at radius 2 is 2.11 bits per heavy atom. The summed E-state index contributed by atoms with van der Waals surface area (Å²) in [5.74, 6) is 1.92. The average Bonchev–Trinajstić information content (AvgIpc) is 3.30. The van der Waals surface area contributed by atoms with Crippen molar-refractivity contribution < 1.29 is 9.53 Å². The number of nitrogens with zero attached hydrogens (tertiary/aromatic N) is 2. The van der Waals surface area contributed by atoms with Gasteiger partial charge in [-0.05, 0) is 38.5 Å². The van der Waals surface area contributed by atoms with Gasteiger partial charge in [0.25, 0.3) is 5.56 Å². The Kier molecular flexibility index (Phi) is 9.73. The Morgan fingerprint density at radius 1 is 1.37 bits per heavy atom. The maximum Gasteiger partial charge on any atom is 0.251 e. The second-order valence-electron chi connectivity index (χ2n) is 7.14. The molecule has 2 fully saturated rings. The highest BCUT2D eigenvalue weighted by atomic mass is 35.5. The average molecular weight is 421 g/mol. The topological polar surface area (TPSA) is 87.3 Å². The molecule has 3 rings (SSSR count). The van der Waals surface area contributed by atoms with Crippen molar-refractivity contribution in [1.82, 2.24) is 20.2 Å². The van der Waals surface area contributed by atoms with E-state index in [-0.39, 0.29) is 42.3 Å². The molecule has 154 valence electrons. The number of rotatable bonds is 8. The number of hydrogen-bond donors (Lipinski definition) is 2. The first-order valence-corrected chi connectivity index (χ1v) is 9.21. The molecule has 9 heteroatoms. The van der Waals surface area contributed by atoms with Gasteiger partial charge in [-0.3, -0.25) is 14.5 Å². The Hall–Kier alpha value is -1.15. The molecule has 1 aromatic rings. The number of carbonyl (C=O) groups excluding carboxylic acids is 1. The highest BCUT2D eigenvalue weighted by Crippen LogP contribution is 2.41. The van der Waals surface area contributed by atoms with E-state index in [2.05, 4.69) is 20.2 Å². The van der Waals surface area contributed by atoms with Crippen LogP contribution in [0.1, 0.15) is 37.7 Å². The molecule has 1 aliphatic heterocycles. The molecule has 1 saturated heterocycles. The molecule has 0 radical (unpaired) electrons. The standard InChI is InChI=1S/C18H28N4O3.2ClH/c1-3-25-7-6-17(23)21-16-11-22(10-15(16)13-4-5-13)9-14-8-18(24)20-12(2)19-14;;/h8,13,15-16H,3-7,9-11H2,1-2H3,(H,21,23)(H,19,20,24);2*1H/t15-,16+;;/m1../s1. The van der Waals surface area contributed by atoms with E-state index in [1.807, 2.05) is 6.92 Å². The lowest BCUT2D eigenvalue weighted by atomic mass is 9.98. The molecule has 0 aromatic carbocycles. The maximum absolute atomic E-state index is 12.1. The molecule has 2 N–H and O–H groups in total. The van der Waals surface area contributed by atoms with Gasteiger partial charge in [0, 0.05) is 44.8 Å². The predicted molar refractivity (Wildman–Crippen MR) is 109 cm³/mol. The van der Waals surface area contributed by atoms with Crippen LogP contribution in [-0.4, -0.2) is 53.1 Å². The van der Waals surface area contributed by atoms with Crippen molar-refractivity contribution >= 4 is 30.7 Å². The molecule has 2 aliphatic rings. The van der Waals surface area contributed by atoms with Crippen molar-refractivity contribution in [3.8, 4) is 0 Å². The van der Waals surface area contributed by atoms with Crippen molar-refractivity contribution in [2.75, 3.05) is 26.3 Å². The van der Waals surface area contributed by atoms with E-state index in [1.165, 1.54) is 12.8 Å². The molecule has 0 unspecified atom stereocenters. The summed E-state index contributed by atoms with van der Waals surface area (Å²) in [5.41, 5.74) is 0.681. The largest absolute Gasteiger partial charge is 0.381 e. The third-order valence-electron chi connectivity index (χ3n) is 4.99. The van der Waals surface area contributed by atoms with Crippen LogP contribution >= 0.6 is 24.8 Å². The first-order chi connectivity index (χ1) is 12.0. The second kappa shape index (κ2) is 11.0. The van der Waals surface area contributed by atoms with Gasteiger partial charge in [-0.1, -0.05) is 0 Å². The lowest BCUT2D eigenvalue weighted by Crippen LogP contribution is -2.41. The van der Waals surface area contributed by atoms with Crippen molar-refractivity contribution in [2.45, 2.75) is 45.7 Å². The minimum atomic E-state index is -0.110. The van der Waals surface area contributed by atoms with Gasteiger partial charge in [0.15, 0.2) is 0 Å². The van der Waals surface area contributed by atoms with Gasteiger partial charge in [-0.25, -0.2) is 4.98 Å². The maximum atomic E-state index is 12.1. The molecule has 2 atom stereocenters. The summed E-state index contributed by atoms with van der Waals surface area (Å²) in [6, 6.07) is 1.75. The first kappa shape index (κ1) is 23.9. The molecule has 7 nitrogen and oxygen atoms in total. The van der Waals surface area contributed by atoms with Gasteiger partial charge >= 0.3 is 0 Å². The normalized spacial score (nSPS) is 22.0. The minimum Gasteiger partial charge on any atom is -0.381 e. The van der Waals surface area contributed by atoms with Crippen LogP contribution in [0.2, 0.25) is 0 Å². The zero-order valence-electron chi connectivity index (χ0n) is 15.9. The van der Waals surface area contributed by atoms with Crippen LogP contribution in [0.5, 0.6) is 0 Å². The number of ether oxygens (including phenoxy) is 1. The summed E-state index contributed by atoms with van der Waals surface area (Å²) in [7, 11) is 0. The van der Waals surface area contributed by atoms with E-state index >= 15 is 0 Å². The number of hydrogen-bond acceptors (Lipinski definition) is 5. The second-order valence-corrected chi connectivity index (χ2v) is 7.14. The Balaban J connectivity index is 0.00000182. The number of nitrogens with one attached hydrogen (secondary N) is 2. The van der Waals surface area contributed by atoms with Gasteiger partial charge in [-0.15, -0.1) is 24.8 Å². The van der Waals surface area contributed by atoms with Crippen LogP contribution in [-0.2, 0) is 16.1 Å². The Bertz CT molecular complexity index is 666. The summed E-state index contributed by atoms with van der Waals surface area (Å²) >= 11 is 0. The molecule has 1 aliphatic carbocycles. The van der Waals surface area contributed by atoms with Crippen molar-refractivity contribution in [3.05, 3.63) is 27.9 Å². The van der Waals surface area contributed by atoms with Gasteiger partial charge in [0.1, 0.15) is 5.82 Å². The van der Waals surface area contributed by atoms with E-state index in [9.17, 15) is 9.59 Å². The highest BCUT2D eigenvalue weighted by Gasteiger charge is 2.42. The monoisotopic (exact) mass is 420 g/mol. The summed E-state index contributed by atoms with van der Waals surface area (Å²) in [4.78, 5) is 33.2. The van der Waals surface area contributed by atoms with E-state index in [0.717, 1.165) is 24.7 Å². The molecule has 1 aromatic heterocycles. The van der Waals surface area contributed by atoms with Gasteiger partial charge < -0.3 is 15.0 Å². The number of likely N-dealkylation sites (tertiary alicyclic amines) is 1. The molecule has 27 heavy (non-hydrogen) atoms. The fourth-order valence-electron chi connectivity index (χ4n) is 3.74. The summed E-state index contributed by atoms with van der Waals surface area (Å²) in [6.07, 6.45) is 2.93. The summed E-state index contributed by atoms with van der Waals surface area (Å²) < 4.78 is 5.27. The lowest BCUT2D eigenvalue weighted by molar-refractivity contribution is -0.123. The number of aromatic nitrogens is 2. The van der Waals surface area contributed by atoms with Crippen LogP contribution in [0.4, 0.5) is 0 Å². The van der Waals surface area contributed by atoms with Gasteiger partial charge in [-0.2, -0.15) is 0 Å². The van der Waals surface area contributed by atoms with Gasteiger partial charge in [0.05, 0.1) is 12.3 Å². The van der Waals surface area contributed by atoms with E-state index < -0.39 is 0 Å². The quantitative estimate of drug-likeness (QED) is 0.624. The molecule has 0 spiro atoms. The SMILES string of the molecule is CCOCCC(=O)N[C@H]1CN(Cc2cc(=O)[nH]c(C)n2)C[C@@H]1C1CC1.Cl.Cl. The third kappa shape index (κ3) is 7.07. The molecule has 1 amide bonds. The fourth-order valence-corrected chi connectivity index (χ4v) is 3.74. The van der Waals surface area contributed by atoms with E-state index in [4.69, 9.17) is 4.74 Å². The van der Waals surface area contributed by atoms with E-state index in [0.29, 0.717) is 37.9 Å². The van der Waals surface area contributed by atoms with Crippen molar-refractivity contribution in [3.63, 3.8) is 0 Å². The van der Waals surface area contributed by atoms with Crippen molar-refractivity contribution in [1.29, 1.82) is 0 Å². The van der Waals surface area contributed by atoms with Crippen LogP contribution in [0.15, 0.2) is 10.9 Å². The Labute approximate surface area is 172 Å². The van der Waals surface area contributed by atoms with Crippen LogP contribution in [0.3, 0.4) is 0 Å². The molecule has 0 bridgehead atoms. The van der Waals surface area contributed by atoms with Crippen LogP contribution < -0.4 is 10.9 Å². The number of H-pyrrole nitrogens is 1. The molecular weight excluding hydrogens is 391 g/mol. The fraction of sp³-hybridized carbons (Fsp3) is 0.722. The minimum absolute atomic E-state index is 0. The predicted octanol–water partition coefficient (Wildman–Crippen LogP) is 1.68. The van der Waals surface area contributed by atoms with Crippen LogP contribution in [0, 0.1) is 18.8 Å². The molecule has 1 saturated carbocycles. The highest BCUT2D eigenvalue weighted by molar-refractivity contribution is 5.85. The van der Waals surface area contributed by atoms with E-state index in [1.54, 1.807) is 13.0 Å². The number of aryl methyl sites for hydroxylation is 1.